The van der Waals surface area contributed by atoms with E-state index in [1.807, 2.05) is 6.92 Å². The van der Waals surface area contributed by atoms with Gasteiger partial charge in [-0.05, 0) is 26.3 Å². The molecule has 22 heavy (non-hydrogen) atoms. The van der Waals surface area contributed by atoms with Crippen molar-refractivity contribution < 1.29 is 9.47 Å². The molecular weight excluding hydrogens is 282 g/mol. The van der Waals surface area contributed by atoms with Crippen LogP contribution in [0.2, 0.25) is 0 Å². The average molecular weight is 303 g/mol. The average Bonchev–Trinajstić information content (AvgIpc) is 3.13. The summed E-state index contributed by atoms with van der Waals surface area (Å²) in [7, 11) is 3.18. The van der Waals surface area contributed by atoms with Crippen LogP contribution in [0.4, 0.5) is 5.95 Å². The molecule has 2 aromatic heterocycles. The van der Waals surface area contributed by atoms with Crippen LogP contribution in [0, 0.1) is 13.8 Å². The Hall–Kier alpha value is -2.31. The summed E-state index contributed by atoms with van der Waals surface area (Å²) in [6, 6.07) is 4.13. The minimum Gasteiger partial charge on any atom is -0.481 e. The first-order chi connectivity index (χ1) is 10.6. The smallest absolute Gasteiger partial charge is 0.232 e. The van der Waals surface area contributed by atoms with Gasteiger partial charge in [0.25, 0.3) is 0 Å². The number of ether oxygens (including phenoxy) is 2. The van der Waals surface area contributed by atoms with Crippen molar-refractivity contribution in [3.63, 3.8) is 0 Å². The Morgan fingerprint density at radius 2 is 1.77 bits per heavy atom. The first-order valence-electron chi connectivity index (χ1n) is 7.35. The normalized spacial score (nSPS) is 17.8. The Kier molecular flexibility index (Phi) is 3.87. The first kappa shape index (κ1) is 14.6. The van der Waals surface area contributed by atoms with Crippen molar-refractivity contribution in [3.8, 4) is 11.8 Å². The molecule has 0 saturated carbocycles. The molecule has 2 aromatic rings. The lowest BCUT2D eigenvalue weighted by Crippen LogP contribution is -2.24. The second kappa shape index (κ2) is 5.82. The fraction of sp³-hybridized carbons (Fsp3) is 0.533. The topological polar surface area (TPSA) is 65.3 Å². The van der Waals surface area contributed by atoms with E-state index in [1.54, 1.807) is 20.3 Å². The molecule has 0 aliphatic carbocycles. The van der Waals surface area contributed by atoms with E-state index in [9.17, 15) is 0 Å². The summed E-state index contributed by atoms with van der Waals surface area (Å²) in [4.78, 5) is 11.0. The zero-order valence-corrected chi connectivity index (χ0v) is 13.4. The van der Waals surface area contributed by atoms with Gasteiger partial charge >= 0.3 is 0 Å². The molecule has 0 bridgehead atoms. The lowest BCUT2D eigenvalue weighted by Gasteiger charge is -2.18. The van der Waals surface area contributed by atoms with Gasteiger partial charge in [-0.1, -0.05) is 0 Å². The minimum atomic E-state index is 0.342. The van der Waals surface area contributed by atoms with Crippen LogP contribution in [-0.2, 0) is 0 Å². The molecule has 3 heterocycles. The van der Waals surface area contributed by atoms with E-state index in [4.69, 9.17) is 9.47 Å². The molecule has 7 nitrogen and oxygen atoms in total. The predicted molar refractivity (Wildman–Crippen MR) is 82.7 cm³/mol. The van der Waals surface area contributed by atoms with Gasteiger partial charge in [0.15, 0.2) is 0 Å². The van der Waals surface area contributed by atoms with Crippen LogP contribution in [0.15, 0.2) is 12.1 Å². The second-order valence-electron chi connectivity index (χ2n) is 5.51. The highest BCUT2D eigenvalue weighted by Crippen LogP contribution is 2.28. The summed E-state index contributed by atoms with van der Waals surface area (Å²) in [6.45, 7) is 5.83. The number of anilines is 1. The summed E-state index contributed by atoms with van der Waals surface area (Å²) in [5.41, 5.74) is 2.24. The van der Waals surface area contributed by atoms with E-state index >= 15 is 0 Å². The molecule has 7 heteroatoms. The molecule has 118 valence electrons. The van der Waals surface area contributed by atoms with Crippen molar-refractivity contribution in [2.45, 2.75) is 26.3 Å². The van der Waals surface area contributed by atoms with Crippen molar-refractivity contribution >= 4 is 5.95 Å². The third-order valence-corrected chi connectivity index (χ3v) is 3.92. The maximum Gasteiger partial charge on any atom is 0.232 e. The Balaban J connectivity index is 1.82. The van der Waals surface area contributed by atoms with Crippen LogP contribution in [0.25, 0.3) is 0 Å². The molecule has 3 rings (SSSR count). The van der Waals surface area contributed by atoms with Crippen LogP contribution in [-0.4, -0.2) is 47.1 Å². The van der Waals surface area contributed by atoms with E-state index in [-0.39, 0.29) is 0 Å². The fourth-order valence-corrected chi connectivity index (χ4v) is 2.88. The van der Waals surface area contributed by atoms with Gasteiger partial charge in [0.2, 0.25) is 17.7 Å². The monoisotopic (exact) mass is 303 g/mol. The predicted octanol–water partition coefficient (Wildman–Crippen LogP) is 1.76. The quantitative estimate of drug-likeness (QED) is 0.857. The van der Waals surface area contributed by atoms with Gasteiger partial charge < -0.3 is 14.4 Å². The highest BCUT2D eigenvalue weighted by molar-refractivity contribution is 5.38. The lowest BCUT2D eigenvalue weighted by molar-refractivity contribution is 0.371. The molecular formula is C15H21N5O2. The van der Waals surface area contributed by atoms with Gasteiger partial charge in [0.05, 0.1) is 32.0 Å². The van der Waals surface area contributed by atoms with Crippen molar-refractivity contribution in [2.24, 2.45) is 0 Å². The van der Waals surface area contributed by atoms with Crippen LogP contribution in [0.3, 0.4) is 0 Å². The first-order valence-corrected chi connectivity index (χ1v) is 7.35. The molecule has 1 fully saturated rings. The zero-order valence-electron chi connectivity index (χ0n) is 13.4. The van der Waals surface area contributed by atoms with Crippen LogP contribution < -0.4 is 14.4 Å². The fourth-order valence-electron chi connectivity index (χ4n) is 2.88. The summed E-state index contributed by atoms with van der Waals surface area (Å²) >= 11 is 0. The maximum atomic E-state index is 5.22. The molecule has 0 radical (unpaired) electrons. The number of hydrogen-bond donors (Lipinski definition) is 0. The molecule has 0 N–H and O–H groups in total. The highest BCUT2D eigenvalue weighted by Gasteiger charge is 2.28. The number of hydrogen-bond acceptors (Lipinski definition) is 6. The van der Waals surface area contributed by atoms with E-state index in [1.165, 1.54) is 5.69 Å². The van der Waals surface area contributed by atoms with Gasteiger partial charge in [-0.15, -0.1) is 0 Å². The van der Waals surface area contributed by atoms with Gasteiger partial charge in [0, 0.05) is 18.8 Å². The van der Waals surface area contributed by atoms with E-state index in [2.05, 4.69) is 37.6 Å². The van der Waals surface area contributed by atoms with Crippen molar-refractivity contribution in [1.29, 1.82) is 0 Å². The maximum absolute atomic E-state index is 5.22. The Morgan fingerprint density at radius 3 is 2.32 bits per heavy atom. The summed E-state index contributed by atoms with van der Waals surface area (Å²) < 4.78 is 12.5. The van der Waals surface area contributed by atoms with E-state index in [0.717, 1.165) is 25.2 Å². The molecule has 0 amide bonds. The van der Waals surface area contributed by atoms with Gasteiger partial charge in [-0.2, -0.15) is 15.1 Å². The number of nitrogens with zero attached hydrogens (tertiary/aromatic N) is 5. The van der Waals surface area contributed by atoms with Crippen molar-refractivity contribution in [1.82, 2.24) is 19.7 Å². The molecule has 1 aliphatic heterocycles. The Morgan fingerprint density at radius 1 is 1.09 bits per heavy atom. The van der Waals surface area contributed by atoms with Gasteiger partial charge in [0.1, 0.15) is 0 Å². The SMILES string of the molecule is COc1cc(OC)nc(N2CC[C@@H](n3nc(C)cc3C)C2)n1. The summed E-state index contributed by atoms with van der Waals surface area (Å²) in [6.07, 6.45) is 1.02. The lowest BCUT2D eigenvalue weighted by atomic mass is 10.2. The number of methoxy groups -OCH3 is 2. The molecule has 0 unspecified atom stereocenters. The van der Waals surface area contributed by atoms with E-state index in [0.29, 0.717) is 23.8 Å². The Bertz CT molecular complexity index is 648. The molecule has 1 saturated heterocycles. The van der Waals surface area contributed by atoms with Gasteiger partial charge in [-0.3, -0.25) is 4.68 Å². The summed E-state index contributed by atoms with van der Waals surface area (Å²) in [5, 5.41) is 4.59. The van der Waals surface area contributed by atoms with Crippen LogP contribution >= 0.6 is 0 Å². The Labute approximate surface area is 129 Å². The number of aryl methyl sites for hydroxylation is 2. The molecule has 0 spiro atoms. The molecule has 1 atom stereocenters. The van der Waals surface area contributed by atoms with E-state index < -0.39 is 0 Å². The van der Waals surface area contributed by atoms with Crippen LogP contribution in [0.1, 0.15) is 23.9 Å². The van der Waals surface area contributed by atoms with Crippen molar-refractivity contribution in [2.75, 3.05) is 32.2 Å². The highest BCUT2D eigenvalue weighted by atomic mass is 16.5. The minimum absolute atomic E-state index is 0.342. The van der Waals surface area contributed by atoms with Crippen LogP contribution in [0.5, 0.6) is 11.8 Å². The van der Waals surface area contributed by atoms with Crippen molar-refractivity contribution in [3.05, 3.63) is 23.5 Å². The third-order valence-electron chi connectivity index (χ3n) is 3.92. The second-order valence-corrected chi connectivity index (χ2v) is 5.51. The zero-order chi connectivity index (χ0) is 15.7. The molecule has 1 aliphatic rings. The third kappa shape index (κ3) is 2.70. The summed E-state index contributed by atoms with van der Waals surface area (Å²) in [5.74, 6) is 1.66. The number of aromatic nitrogens is 4. The molecule has 0 aromatic carbocycles. The number of rotatable bonds is 4. The standard InChI is InChI=1S/C15H21N5O2/c1-10-7-11(2)20(18-10)12-5-6-19(9-12)15-16-13(21-3)8-14(17-15)22-4/h7-8,12H,5-6,9H2,1-4H3/t12-/m1/s1. The largest absolute Gasteiger partial charge is 0.481 e. The van der Waals surface area contributed by atoms with Gasteiger partial charge in [-0.25, -0.2) is 0 Å².